The molecule has 0 aliphatic rings. The Morgan fingerprint density at radius 1 is 1.05 bits per heavy atom. The zero-order valence-electron chi connectivity index (χ0n) is 11.0. The van der Waals surface area contributed by atoms with Gasteiger partial charge in [0.25, 0.3) is 0 Å². The molecule has 1 unspecified atom stereocenters. The quantitative estimate of drug-likeness (QED) is 0.624. The largest absolute Gasteiger partial charge is 0.309 e. The fraction of sp³-hybridized carbons (Fsp3) is 0.250. The summed E-state index contributed by atoms with van der Waals surface area (Å²) < 4.78 is 13.6. The van der Waals surface area contributed by atoms with E-state index in [1.54, 1.807) is 17.8 Å². The fourth-order valence-electron chi connectivity index (χ4n) is 1.90. The third-order valence-corrected chi connectivity index (χ3v) is 3.95. The van der Waals surface area contributed by atoms with Crippen molar-refractivity contribution in [1.29, 1.82) is 0 Å². The van der Waals surface area contributed by atoms with Crippen molar-refractivity contribution in [2.75, 3.05) is 12.3 Å². The first kappa shape index (κ1) is 14.1. The second-order valence-corrected chi connectivity index (χ2v) is 5.53. The van der Waals surface area contributed by atoms with Crippen LogP contribution in [0.25, 0.3) is 0 Å². The molecule has 19 heavy (non-hydrogen) atoms. The highest BCUT2D eigenvalue weighted by molar-refractivity contribution is 7.99. The smallest absolute Gasteiger partial charge is 0.127 e. The predicted octanol–water partition coefficient (Wildman–Crippen LogP) is 4.27. The second kappa shape index (κ2) is 7.31. The number of hydrogen-bond donors (Lipinski definition) is 1. The molecule has 0 heterocycles. The number of thioether (sulfide) groups is 1. The van der Waals surface area contributed by atoms with Crippen molar-refractivity contribution in [3.8, 4) is 0 Å². The molecule has 0 bridgehead atoms. The summed E-state index contributed by atoms with van der Waals surface area (Å²) in [6.45, 7) is 2.85. The van der Waals surface area contributed by atoms with E-state index in [-0.39, 0.29) is 11.9 Å². The Morgan fingerprint density at radius 2 is 1.74 bits per heavy atom. The van der Waals surface area contributed by atoms with E-state index in [4.69, 9.17) is 0 Å². The molecule has 0 amide bonds. The van der Waals surface area contributed by atoms with Crippen molar-refractivity contribution >= 4 is 11.8 Å². The van der Waals surface area contributed by atoms with Crippen LogP contribution in [0.15, 0.2) is 59.5 Å². The molecule has 0 aliphatic carbocycles. The van der Waals surface area contributed by atoms with E-state index in [2.05, 4.69) is 17.4 Å². The predicted molar refractivity (Wildman–Crippen MR) is 80.0 cm³/mol. The molecule has 0 radical (unpaired) electrons. The molecule has 0 aliphatic heterocycles. The summed E-state index contributed by atoms with van der Waals surface area (Å²) in [6.07, 6.45) is 0. The molecule has 2 aromatic carbocycles. The Hall–Kier alpha value is -1.32. The van der Waals surface area contributed by atoms with Crippen LogP contribution in [0.3, 0.4) is 0 Å². The summed E-state index contributed by atoms with van der Waals surface area (Å²) >= 11 is 1.81. The van der Waals surface area contributed by atoms with Crippen molar-refractivity contribution in [1.82, 2.24) is 5.32 Å². The number of hydrogen-bond acceptors (Lipinski definition) is 2. The average molecular weight is 275 g/mol. The van der Waals surface area contributed by atoms with Crippen LogP contribution >= 0.6 is 11.8 Å². The van der Waals surface area contributed by atoms with E-state index in [1.807, 2.05) is 37.3 Å². The average Bonchev–Trinajstić information content (AvgIpc) is 2.45. The summed E-state index contributed by atoms with van der Waals surface area (Å²) in [5.74, 6) is 0.834. The minimum atomic E-state index is -0.141. The number of nitrogens with one attached hydrogen (secondary N) is 1. The highest BCUT2D eigenvalue weighted by Crippen LogP contribution is 2.18. The molecular weight excluding hydrogens is 257 g/mol. The second-order valence-electron chi connectivity index (χ2n) is 4.36. The lowest BCUT2D eigenvalue weighted by atomic mass is 10.1. The highest BCUT2D eigenvalue weighted by atomic mass is 32.2. The van der Waals surface area contributed by atoms with Gasteiger partial charge in [-0.1, -0.05) is 36.4 Å². The number of halogens is 1. The lowest BCUT2D eigenvalue weighted by molar-refractivity contribution is 0.542. The molecule has 0 saturated heterocycles. The van der Waals surface area contributed by atoms with Gasteiger partial charge in [0.05, 0.1) is 0 Å². The molecule has 0 fully saturated rings. The maximum absolute atomic E-state index is 13.6. The first-order chi connectivity index (χ1) is 9.27. The molecule has 0 aromatic heterocycles. The van der Waals surface area contributed by atoms with Gasteiger partial charge in [0.2, 0.25) is 0 Å². The van der Waals surface area contributed by atoms with Gasteiger partial charge in [0.15, 0.2) is 0 Å². The number of benzene rings is 2. The van der Waals surface area contributed by atoms with Gasteiger partial charge in [0.1, 0.15) is 5.82 Å². The van der Waals surface area contributed by atoms with E-state index in [0.717, 1.165) is 17.9 Å². The highest BCUT2D eigenvalue weighted by Gasteiger charge is 2.08. The van der Waals surface area contributed by atoms with Crippen LogP contribution in [-0.4, -0.2) is 12.3 Å². The van der Waals surface area contributed by atoms with Gasteiger partial charge in [-0.15, -0.1) is 11.8 Å². The van der Waals surface area contributed by atoms with Crippen LogP contribution in [0.1, 0.15) is 18.5 Å². The van der Waals surface area contributed by atoms with Crippen LogP contribution in [0, 0.1) is 5.82 Å². The van der Waals surface area contributed by atoms with Gasteiger partial charge in [-0.3, -0.25) is 0 Å². The molecule has 1 N–H and O–H groups in total. The van der Waals surface area contributed by atoms with E-state index in [1.165, 1.54) is 11.0 Å². The van der Waals surface area contributed by atoms with Crippen molar-refractivity contribution < 1.29 is 4.39 Å². The minimum Gasteiger partial charge on any atom is -0.309 e. The Kier molecular flexibility index (Phi) is 5.43. The summed E-state index contributed by atoms with van der Waals surface area (Å²) in [5.41, 5.74) is 0.729. The van der Waals surface area contributed by atoms with Crippen LogP contribution in [-0.2, 0) is 0 Å². The van der Waals surface area contributed by atoms with E-state index in [9.17, 15) is 4.39 Å². The van der Waals surface area contributed by atoms with E-state index < -0.39 is 0 Å². The zero-order chi connectivity index (χ0) is 13.5. The normalized spacial score (nSPS) is 12.3. The fourth-order valence-corrected chi connectivity index (χ4v) is 2.70. The van der Waals surface area contributed by atoms with Crippen LogP contribution in [0.2, 0.25) is 0 Å². The van der Waals surface area contributed by atoms with E-state index in [0.29, 0.717) is 0 Å². The molecule has 100 valence electrons. The van der Waals surface area contributed by atoms with Crippen LogP contribution in [0.4, 0.5) is 4.39 Å². The summed E-state index contributed by atoms with van der Waals surface area (Å²) in [4.78, 5) is 1.27. The molecule has 1 atom stereocenters. The SMILES string of the molecule is CC(NCCSc1ccccc1)c1ccccc1F. The monoisotopic (exact) mass is 275 g/mol. The third-order valence-electron chi connectivity index (χ3n) is 2.94. The van der Waals surface area contributed by atoms with Gasteiger partial charge in [-0.25, -0.2) is 4.39 Å². The van der Waals surface area contributed by atoms with Crippen molar-refractivity contribution in [3.05, 3.63) is 66.0 Å². The van der Waals surface area contributed by atoms with E-state index >= 15 is 0 Å². The lowest BCUT2D eigenvalue weighted by Crippen LogP contribution is -2.22. The van der Waals surface area contributed by atoms with Crippen molar-refractivity contribution in [2.45, 2.75) is 17.9 Å². The number of rotatable bonds is 6. The lowest BCUT2D eigenvalue weighted by Gasteiger charge is -2.14. The van der Waals surface area contributed by atoms with Crippen molar-refractivity contribution in [3.63, 3.8) is 0 Å². The standard InChI is InChI=1S/C16H18FNS/c1-13(15-9-5-6-10-16(15)17)18-11-12-19-14-7-3-2-4-8-14/h2-10,13,18H,11-12H2,1H3. The first-order valence-electron chi connectivity index (χ1n) is 6.43. The van der Waals surface area contributed by atoms with Gasteiger partial charge < -0.3 is 5.32 Å². The van der Waals surface area contributed by atoms with Crippen LogP contribution < -0.4 is 5.32 Å². The Morgan fingerprint density at radius 3 is 2.47 bits per heavy atom. The molecule has 0 spiro atoms. The maximum atomic E-state index is 13.6. The van der Waals surface area contributed by atoms with Gasteiger partial charge in [-0.2, -0.15) is 0 Å². The Balaban J connectivity index is 1.76. The molecule has 0 saturated carbocycles. The topological polar surface area (TPSA) is 12.0 Å². The maximum Gasteiger partial charge on any atom is 0.127 e. The Bertz CT molecular complexity index is 501. The van der Waals surface area contributed by atoms with Gasteiger partial charge in [-0.05, 0) is 25.1 Å². The van der Waals surface area contributed by atoms with Crippen LogP contribution in [0.5, 0.6) is 0 Å². The molecule has 3 heteroatoms. The summed E-state index contributed by atoms with van der Waals surface area (Å²) in [7, 11) is 0. The zero-order valence-corrected chi connectivity index (χ0v) is 11.8. The first-order valence-corrected chi connectivity index (χ1v) is 7.41. The molecule has 1 nitrogen and oxygen atoms in total. The van der Waals surface area contributed by atoms with Crippen molar-refractivity contribution in [2.24, 2.45) is 0 Å². The summed E-state index contributed by atoms with van der Waals surface area (Å²) in [6, 6.07) is 17.3. The third kappa shape index (κ3) is 4.37. The minimum absolute atomic E-state index is 0.0394. The molecule has 2 rings (SSSR count). The van der Waals surface area contributed by atoms with Gasteiger partial charge in [0, 0.05) is 28.8 Å². The molecular formula is C16H18FNS. The summed E-state index contributed by atoms with van der Waals surface area (Å²) in [5, 5.41) is 3.35. The Labute approximate surface area is 118 Å². The van der Waals surface area contributed by atoms with Gasteiger partial charge >= 0.3 is 0 Å². The molecule has 2 aromatic rings.